The Morgan fingerprint density at radius 2 is 1.91 bits per heavy atom. The van der Waals surface area contributed by atoms with Crippen molar-refractivity contribution in [3.05, 3.63) is 35.4 Å². The van der Waals surface area contributed by atoms with Crippen molar-refractivity contribution in [2.24, 2.45) is 5.92 Å². The molecule has 2 N–H and O–H groups in total. The van der Waals surface area contributed by atoms with Crippen molar-refractivity contribution in [3.63, 3.8) is 0 Å². The first-order valence-electron chi connectivity index (χ1n) is 7.48. The molecule has 3 rings (SSSR count). The summed E-state index contributed by atoms with van der Waals surface area (Å²) in [4.78, 5) is 12.1. The molecule has 1 aromatic carbocycles. The zero-order chi connectivity index (χ0) is 16.6. The van der Waals surface area contributed by atoms with Crippen LogP contribution in [0.25, 0.3) is 11.3 Å². The van der Waals surface area contributed by atoms with E-state index in [1.807, 2.05) is 26.0 Å². The Balaban J connectivity index is 1.73. The van der Waals surface area contributed by atoms with Gasteiger partial charge in [0.25, 0.3) is 0 Å². The van der Waals surface area contributed by atoms with Gasteiger partial charge in [-0.15, -0.1) is 0 Å². The van der Waals surface area contributed by atoms with Gasteiger partial charge in [0, 0.05) is 11.6 Å². The molecule has 23 heavy (non-hydrogen) atoms. The molecule has 0 radical (unpaired) electrons. The van der Waals surface area contributed by atoms with Crippen LogP contribution in [0.2, 0.25) is 0 Å². The van der Waals surface area contributed by atoms with Crippen LogP contribution in [0.4, 0.5) is 5.82 Å². The van der Waals surface area contributed by atoms with Gasteiger partial charge in [-0.1, -0.05) is 17.2 Å². The quantitative estimate of drug-likeness (QED) is 0.899. The highest BCUT2D eigenvalue weighted by Gasteiger charge is 2.33. The van der Waals surface area contributed by atoms with E-state index in [1.165, 1.54) is 0 Å². The molecule has 1 fully saturated rings. The average Bonchev–Trinajstić information content (AvgIpc) is 3.04. The summed E-state index contributed by atoms with van der Waals surface area (Å²) in [5, 5.41) is 9.69. The molecule has 122 valence electrons. The van der Waals surface area contributed by atoms with Crippen molar-refractivity contribution in [2.45, 2.75) is 20.3 Å². The number of nitrogens with one attached hydrogen (secondary N) is 2. The van der Waals surface area contributed by atoms with E-state index >= 15 is 0 Å². The summed E-state index contributed by atoms with van der Waals surface area (Å²) < 4.78 is 22.9. The van der Waals surface area contributed by atoms with Gasteiger partial charge in [0.2, 0.25) is 5.91 Å². The predicted molar refractivity (Wildman–Crippen MR) is 88.9 cm³/mol. The van der Waals surface area contributed by atoms with Crippen molar-refractivity contribution in [1.29, 1.82) is 0 Å². The van der Waals surface area contributed by atoms with Gasteiger partial charge in [0.05, 0.1) is 23.1 Å². The van der Waals surface area contributed by atoms with Gasteiger partial charge in [-0.2, -0.15) is 5.10 Å². The number of rotatable bonds is 3. The van der Waals surface area contributed by atoms with Crippen molar-refractivity contribution >= 4 is 21.6 Å². The Kier molecular flexibility index (Phi) is 3.97. The maximum absolute atomic E-state index is 12.1. The number of aryl methyl sites for hydroxylation is 2. The summed E-state index contributed by atoms with van der Waals surface area (Å²) in [5.74, 6) is -0.355. The first-order chi connectivity index (χ1) is 10.8. The zero-order valence-corrected chi connectivity index (χ0v) is 13.9. The number of anilines is 1. The molecule has 2 heterocycles. The Morgan fingerprint density at radius 1 is 1.22 bits per heavy atom. The second-order valence-electron chi connectivity index (χ2n) is 6.13. The largest absolute Gasteiger partial charge is 0.309 e. The molecule has 1 aromatic heterocycles. The maximum Gasteiger partial charge on any atom is 0.229 e. The number of carbonyl (C=O) groups excluding carboxylic acids is 1. The standard InChI is InChI=1S/C16H19N3O3S/c1-10-5-11(2)7-13(6-10)14-8-15(19-18-14)17-16(20)12-3-4-23(21,22)9-12/h5-8,12H,3-4,9H2,1-2H3,(H2,17,18,19,20)/t12-/m0/s1. The number of sulfone groups is 1. The lowest BCUT2D eigenvalue weighted by Crippen LogP contribution is -2.23. The molecular formula is C16H19N3O3S. The predicted octanol–water partition coefficient (Wildman–Crippen LogP) is 2.07. The highest BCUT2D eigenvalue weighted by Crippen LogP contribution is 2.24. The number of aromatic nitrogens is 2. The Hall–Kier alpha value is -2.15. The molecule has 0 spiro atoms. The normalized spacial score (nSPS) is 19.7. The minimum Gasteiger partial charge on any atom is -0.309 e. The number of aromatic amines is 1. The van der Waals surface area contributed by atoms with E-state index in [9.17, 15) is 13.2 Å². The zero-order valence-electron chi connectivity index (χ0n) is 13.1. The molecule has 2 aromatic rings. The fourth-order valence-corrected chi connectivity index (χ4v) is 4.64. The number of benzene rings is 1. The highest BCUT2D eigenvalue weighted by molar-refractivity contribution is 7.91. The van der Waals surface area contributed by atoms with E-state index < -0.39 is 15.8 Å². The molecule has 1 saturated heterocycles. The molecule has 1 atom stereocenters. The number of H-pyrrole nitrogens is 1. The monoisotopic (exact) mass is 333 g/mol. The van der Waals surface area contributed by atoms with Crippen LogP contribution in [0.1, 0.15) is 17.5 Å². The average molecular weight is 333 g/mol. The van der Waals surface area contributed by atoms with Crippen molar-refractivity contribution in [3.8, 4) is 11.3 Å². The van der Waals surface area contributed by atoms with Gasteiger partial charge >= 0.3 is 0 Å². The molecule has 1 aliphatic heterocycles. The Bertz CT molecular complexity index is 835. The van der Waals surface area contributed by atoms with Gasteiger partial charge in [-0.05, 0) is 32.4 Å². The van der Waals surface area contributed by atoms with Gasteiger partial charge in [-0.3, -0.25) is 9.89 Å². The third-order valence-electron chi connectivity index (χ3n) is 3.97. The summed E-state index contributed by atoms with van der Waals surface area (Å²) in [6.07, 6.45) is 0.378. The van der Waals surface area contributed by atoms with Crippen LogP contribution in [-0.4, -0.2) is 36.0 Å². The summed E-state index contributed by atoms with van der Waals surface area (Å²) in [6.45, 7) is 4.05. The number of hydrogen-bond acceptors (Lipinski definition) is 4. The Morgan fingerprint density at radius 3 is 2.52 bits per heavy atom. The van der Waals surface area contributed by atoms with Gasteiger partial charge in [0.1, 0.15) is 0 Å². The minimum absolute atomic E-state index is 0.0762. The van der Waals surface area contributed by atoms with Crippen molar-refractivity contribution in [2.75, 3.05) is 16.8 Å². The van der Waals surface area contributed by atoms with E-state index in [0.717, 1.165) is 22.4 Å². The number of nitrogens with zero attached hydrogens (tertiary/aromatic N) is 1. The SMILES string of the molecule is Cc1cc(C)cc(-c2cc(NC(=O)[C@H]3CCS(=O)(=O)C3)n[nH]2)c1. The molecule has 0 unspecified atom stereocenters. The third-order valence-corrected chi connectivity index (χ3v) is 5.73. The first kappa shape index (κ1) is 15.7. The molecule has 7 heteroatoms. The van der Waals surface area contributed by atoms with Gasteiger partial charge in [0.15, 0.2) is 15.7 Å². The van der Waals surface area contributed by atoms with E-state index in [2.05, 4.69) is 21.6 Å². The third kappa shape index (κ3) is 3.61. The number of hydrogen-bond donors (Lipinski definition) is 2. The number of carbonyl (C=O) groups is 1. The van der Waals surface area contributed by atoms with Crippen LogP contribution in [0, 0.1) is 19.8 Å². The van der Waals surface area contributed by atoms with Gasteiger partial charge < -0.3 is 5.32 Å². The van der Waals surface area contributed by atoms with Crippen LogP contribution >= 0.6 is 0 Å². The molecule has 0 bridgehead atoms. The second kappa shape index (κ2) is 5.81. The van der Waals surface area contributed by atoms with Crippen LogP contribution in [0.5, 0.6) is 0 Å². The van der Waals surface area contributed by atoms with Crippen molar-refractivity contribution < 1.29 is 13.2 Å². The summed E-state index contributed by atoms with van der Waals surface area (Å²) >= 11 is 0. The topological polar surface area (TPSA) is 91.9 Å². The minimum atomic E-state index is -3.07. The van der Waals surface area contributed by atoms with Crippen LogP contribution in [0.15, 0.2) is 24.3 Å². The lowest BCUT2D eigenvalue weighted by Gasteiger charge is -2.06. The Labute approximate surface area is 135 Å². The van der Waals surface area contributed by atoms with Crippen LogP contribution < -0.4 is 5.32 Å². The fraction of sp³-hybridized carbons (Fsp3) is 0.375. The molecule has 1 aliphatic rings. The van der Waals surface area contributed by atoms with Crippen LogP contribution in [-0.2, 0) is 14.6 Å². The van der Waals surface area contributed by atoms with Crippen LogP contribution in [0.3, 0.4) is 0 Å². The first-order valence-corrected chi connectivity index (χ1v) is 9.30. The maximum atomic E-state index is 12.1. The van der Waals surface area contributed by atoms with Gasteiger partial charge in [-0.25, -0.2) is 8.42 Å². The van der Waals surface area contributed by atoms with Crippen molar-refractivity contribution in [1.82, 2.24) is 10.2 Å². The van der Waals surface area contributed by atoms with E-state index in [4.69, 9.17) is 0 Å². The molecule has 1 amide bonds. The lowest BCUT2D eigenvalue weighted by atomic mass is 10.1. The second-order valence-corrected chi connectivity index (χ2v) is 8.36. The molecule has 0 saturated carbocycles. The van der Waals surface area contributed by atoms with E-state index in [-0.39, 0.29) is 17.4 Å². The smallest absolute Gasteiger partial charge is 0.229 e. The highest BCUT2D eigenvalue weighted by atomic mass is 32.2. The summed E-state index contributed by atoms with van der Waals surface area (Å²) in [7, 11) is -3.07. The van der Waals surface area contributed by atoms with E-state index in [1.54, 1.807) is 6.07 Å². The summed E-state index contributed by atoms with van der Waals surface area (Å²) in [5.41, 5.74) is 4.11. The van der Waals surface area contributed by atoms with E-state index in [0.29, 0.717) is 12.2 Å². The lowest BCUT2D eigenvalue weighted by molar-refractivity contribution is -0.119. The molecular weight excluding hydrogens is 314 g/mol. The summed E-state index contributed by atoms with van der Waals surface area (Å²) in [6, 6.07) is 7.92. The molecule has 0 aliphatic carbocycles. The number of amides is 1. The fourth-order valence-electron chi connectivity index (χ4n) is 2.89. The molecule has 6 nitrogen and oxygen atoms in total.